The van der Waals surface area contributed by atoms with Crippen molar-refractivity contribution in [1.82, 2.24) is 14.5 Å². The average molecular weight is 455 g/mol. The maximum Gasteiger partial charge on any atom is 0.433 e. The van der Waals surface area contributed by atoms with E-state index < -0.39 is 24.0 Å². The fraction of sp³-hybridized carbons (Fsp3) is 0.292. The van der Waals surface area contributed by atoms with E-state index in [9.17, 15) is 23.1 Å². The molecule has 0 amide bonds. The summed E-state index contributed by atoms with van der Waals surface area (Å²) in [7, 11) is 0. The highest BCUT2D eigenvalue weighted by Crippen LogP contribution is 2.31. The van der Waals surface area contributed by atoms with E-state index in [4.69, 9.17) is 4.74 Å². The van der Waals surface area contributed by atoms with E-state index >= 15 is 0 Å². The van der Waals surface area contributed by atoms with Gasteiger partial charge in [0.25, 0.3) is 5.56 Å². The fourth-order valence-corrected chi connectivity index (χ4v) is 4.43. The first-order valence-corrected chi connectivity index (χ1v) is 10.5. The molecule has 2 aromatic carbocycles. The topological polar surface area (TPSA) is 77.2 Å². The minimum absolute atomic E-state index is 0.141. The summed E-state index contributed by atoms with van der Waals surface area (Å²) in [6.07, 6.45) is -2.10. The number of aliphatic hydroxyl groups is 1. The van der Waals surface area contributed by atoms with E-state index in [1.54, 1.807) is 6.07 Å². The van der Waals surface area contributed by atoms with Crippen LogP contribution < -0.4 is 5.56 Å². The fourth-order valence-electron chi connectivity index (χ4n) is 4.43. The molecule has 0 bridgehead atoms. The van der Waals surface area contributed by atoms with E-state index in [0.29, 0.717) is 35.1 Å². The van der Waals surface area contributed by atoms with Crippen LogP contribution in [0.1, 0.15) is 29.3 Å². The van der Waals surface area contributed by atoms with Gasteiger partial charge in [0.2, 0.25) is 0 Å². The second-order valence-electron chi connectivity index (χ2n) is 8.16. The van der Waals surface area contributed by atoms with Gasteiger partial charge in [0.15, 0.2) is 0 Å². The number of pyridine rings is 1. The highest BCUT2D eigenvalue weighted by atomic mass is 19.4. The van der Waals surface area contributed by atoms with Gasteiger partial charge in [-0.05, 0) is 47.6 Å². The standard InChI is InChI=1S/C24H20F3N3O3/c25-24(26,27)21-10-14(5-7-28-21)9-15-11-18-22(17-4-2-1-3-16(15)17)29-13-30(23(18)32)19-6-8-33-12-20(19)31/h1-5,7,10-11,13,19-20,31H,6,8-9,12H2/t19-,20-/m0/s1. The molecular formula is C24H20F3N3O3. The van der Waals surface area contributed by atoms with Crippen LogP contribution in [0.5, 0.6) is 0 Å². The zero-order chi connectivity index (χ0) is 23.2. The average Bonchev–Trinajstić information content (AvgIpc) is 2.80. The number of nitrogens with zero attached hydrogens (tertiary/aromatic N) is 3. The largest absolute Gasteiger partial charge is 0.433 e. The lowest BCUT2D eigenvalue weighted by Crippen LogP contribution is -2.39. The van der Waals surface area contributed by atoms with Crippen molar-refractivity contribution >= 4 is 21.7 Å². The van der Waals surface area contributed by atoms with Crippen LogP contribution in [0.2, 0.25) is 0 Å². The molecule has 33 heavy (non-hydrogen) atoms. The second kappa shape index (κ2) is 8.24. The van der Waals surface area contributed by atoms with Gasteiger partial charge in [0, 0.05) is 18.2 Å². The third-order valence-corrected chi connectivity index (χ3v) is 6.04. The number of aliphatic hydroxyl groups excluding tert-OH is 1. The lowest BCUT2D eigenvalue weighted by molar-refractivity contribution is -0.141. The van der Waals surface area contributed by atoms with Gasteiger partial charge in [-0.15, -0.1) is 0 Å². The molecule has 4 aromatic rings. The molecule has 0 aliphatic carbocycles. The van der Waals surface area contributed by atoms with Crippen molar-refractivity contribution in [2.45, 2.75) is 31.2 Å². The summed E-state index contributed by atoms with van der Waals surface area (Å²) < 4.78 is 46.1. The Morgan fingerprint density at radius 1 is 1.09 bits per heavy atom. The zero-order valence-electron chi connectivity index (χ0n) is 17.4. The predicted octanol–water partition coefficient (Wildman–Crippen LogP) is 3.88. The molecule has 0 radical (unpaired) electrons. The first-order chi connectivity index (χ1) is 15.8. The Balaban J connectivity index is 1.67. The Kier molecular flexibility index (Phi) is 5.38. The summed E-state index contributed by atoms with van der Waals surface area (Å²) in [5.74, 6) is 0. The zero-order valence-corrected chi connectivity index (χ0v) is 17.4. The van der Waals surface area contributed by atoms with Gasteiger partial charge >= 0.3 is 6.18 Å². The monoisotopic (exact) mass is 455 g/mol. The van der Waals surface area contributed by atoms with E-state index in [2.05, 4.69) is 9.97 Å². The van der Waals surface area contributed by atoms with Crippen LogP contribution in [0.25, 0.3) is 21.7 Å². The molecule has 0 saturated carbocycles. The smallest absolute Gasteiger partial charge is 0.389 e. The molecule has 0 unspecified atom stereocenters. The number of hydrogen-bond donors (Lipinski definition) is 1. The van der Waals surface area contributed by atoms with Crippen molar-refractivity contribution in [1.29, 1.82) is 0 Å². The van der Waals surface area contributed by atoms with Crippen LogP contribution in [0.15, 0.2) is 59.8 Å². The second-order valence-corrected chi connectivity index (χ2v) is 8.16. The Bertz CT molecular complexity index is 1400. The van der Waals surface area contributed by atoms with Crippen LogP contribution in [0, 0.1) is 0 Å². The summed E-state index contributed by atoms with van der Waals surface area (Å²) in [6, 6.07) is 11.2. The Morgan fingerprint density at radius 3 is 2.64 bits per heavy atom. The number of hydrogen-bond acceptors (Lipinski definition) is 5. The van der Waals surface area contributed by atoms with Crippen LogP contribution in [0.3, 0.4) is 0 Å². The molecule has 1 N–H and O–H groups in total. The van der Waals surface area contributed by atoms with Crippen molar-refractivity contribution in [3.63, 3.8) is 0 Å². The van der Waals surface area contributed by atoms with Crippen LogP contribution in [0.4, 0.5) is 13.2 Å². The molecule has 1 aliphatic rings. The number of benzene rings is 2. The lowest BCUT2D eigenvalue weighted by Gasteiger charge is -2.29. The SMILES string of the molecule is O=c1c2cc(Cc3ccnc(C(F)(F)F)c3)c3ccccc3c2ncn1[C@H]1CCOC[C@@H]1O. The third-order valence-electron chi connectivity index (χ3n) is 6.04. The maximum absolute atomic E-state index is 13.4. The van der Waals surface area contributed by atoms with E-state index in [-0.39, 0.29) is 18.6 Å². The minimum Gasteiger partial charge on any atom is -0.389 e. The summed E-state index contributed by atoms with van der Waals surface area (Å²) in [6.45, 7) is 0.570. The third kappa shape index (κ3) is 3.98. The number of ether oxygens (including phenoxy) is 1. The quantitative estimate of drug-likeness (QED) is 0.475. The Morgan fingerprint density at radius 2 is 1.88 bits per heavy atom. The van der Waals surface area contributed by atoms with Gasteiger partial charge in [-0.25, -0.2) is 4.98 Å². The van der Waals surface area contributed by atoms with Crippen molar-refractivity contribution < 1.29 is 23.0 Å². The molecule has 6 nitrogen and oxygen atoms in total. The molecule has 1 saturated heterocycles. The molecule has 9 heteroatoms. The van der Waals surface area contributed by atoms with Gasteiger partial charge in [-0.3, -0.25) is 14.3 Å². The van der Waals surface area contributed by atoms with Crippen molar-refractivity contribution in [2.24, 2.45) is 0 Å². The molecule has 2 aromatic heterocycles. The number of aromatic nitrogens is 3. The van der Waals surface area contributed by atoms with Crippen LogP contribution >= 0.6 is 0 Å². The van der Waals surface area contributed by atoms with Crippen molar-refractivity contribution in [3.8, 4) is 0 Å². The molecule has 2 atom stereocenters. The van der Waals surface area contributed by atoms with Gasteiger partial charge in [0.05, 0.1) is 36.0 Å². The van der Waals surface area contributed by atoms with E-state index in [0.717, 1.165) is 23.0 Å². The van der Waals surface area contributed by atoms with Gasteiger partial charge in [-0.1, -0.05) is 24.3 Å². The lowest BCUT2D eigenvalue weighted by atomic mass is 9.96. The van der Waals surface area contributed by atoms with Gasteiger partial charge in [0.1, 0.15) is 5.69 Å². The molecule has 1 fully saturated rings. The molecule has 3 heterocycles. The highest BCUT2D eigenvalue weighted by molar-refractivity contribution is 6.06. The molecule has 1 aliphatic heterocycles. The number of rotatable bonds is 3. The summed E-state index contributed by atoms with van der Waals surface area (Å²) in [5.41, 5.74) is 0.404. The number of halogens is 3. The van der Waals surface area contributed by atoms with Crippen LogP contribution in [-0.2, 0) is 17.3 Å². The summed E-state index contributed by atoms with van der Waals surface area (Å²) >= 11 is 0. The van der Waals surface area contributed by atoms with Gasteiger partial charge in [-0.2, -0.15) is 13.2 Å². The number of fused-ring (bicyclic) bond motifs is 3. The number of alkyl halides is 3. The maximum atomic E-state index is 13.4. The van der Waals surface area contributed by atoms with Crippen LogP contribution in [-0.4, -0.2) is 39.0 Å². The van der Waals surface area contributed by atoms with Crippen molar-refractivity contribution in [3.05, 3.63) is 82.2 Å². The highest BCUT2D eigenvalue weighted by Gasteiger charge is 2.32. The summed E-state index contributed by atoms with van der Waals surface area (Å²) in [4.78, 5) is 21.4. The molecule has 5 rings (SSSR count). The van der Waals surface area contributed by atoms with E-state index in [1.807, 2.05) is 24.3 Å². The molecule has 170 valence electrons. The predicted molar refractivity (Wildman–Crippen MR) is 116 cm³/mol. The Hall–Kier alpha value is -3.30. The summed E-state index contributed by atoms with van der Waals surface area (Å²) in [5, 5.41) is 12.2. The Labute approximate surface area is 186 Å². The molecular weight excluding hydrogens is 435 g/mol. The first kappa shape index (κ1) is 21.5. The minimum atomic E-state index is -4.54. The molecule has 0 spiro atoms. The van der Waals surface area contributed by atoms with Gasteiger partial charge < -0.3 is 9.84 Å². The first-order valence-electron chi connectivity index (χ1n) is 10.5. The van der Waals surface area contributed by atoms with E-state index in [1.165, 1.54) is 17.0 Å². The normalized spacial score (nSPS) is 19.3. The van der Waals surface area contributed by atoms with Crippen molar-refractivity contribution in [2.75, 3.05) is 13.2 Å².